The average molecular weight is 400 g/mol. The number of imidazole rings is 1. The van der Waals surface area contributed by atoms with Crippen molar-refractivity contribution in [3.8, 4) is 22.8 Å². The molecule has 1 amide bonds. The molecule has 3 heterocycles. The fraction of sp³-hybridized carbons (Fsp3) is 0.182. The van der Waals surface area contributed by atoms with Crippen molar-refractivity contribution in [1.82, 2.24) is 29.6 Å². The van der Waals surface area contributed by atoms with Crippen molar-refractivity contribution in [2.24, 2.45) is 0 Å². The van der Waals surface area contributed by atoms with Gasteiger partial charge in [-0.25, -0.2) is 14.6 Å². The van der Waals surface area contributed by atoms with E-state index in [4.69, 9.17) is 4.74 Å². The molecule has 0 radical (unpaired) electrons. The Hall–Kier alpha value is -3.94. The third-order valence-electron chi connectivity index (χ3n) is 5.27. The third-order valence-corrected chi connectivity index (χ3v) is 5.27. The third kappa shape index (κ3) is 3.22. The molecule has 8 heteroatoms. The van der Waals surface area contributed by atoms with Gasteiger partial charge in [0.05, 0.1) is 13.7 Å². The first-order chi connectivity index (χ1) is 14.7. The topological polar surface area (TPSA) is 86.9 Å². The van der Waals surface area contributed by atoms with Gasteiger partial charge in [-0.3, -0.25) is 9.36 Å². The maximum Gasteiger partial charge on any atom is 0.251 e. The number of carbonyl (C=O) groups excluding carboxylic acids is 1. The Balaban J connectivity index is 1.55. The maximum absolute atomic E-state index is 12.3. The number of rotatable bonds is 5. The van der Waals surface area contributed by atoms with Crippen LogP contribution in [-0.4, -0.2) is 43.9 Å². The summed E-state index contributed by atoms with van der Waals surface area (Å²) in [6.45, 7) is 1.22. The Labute approximate surface area is 173 Å². The zero-order chi connectivity index (χ0) is 20.5. The molecule has 0 spiro atoms. The van der Waals surface area contributed by atoms with Crippen LogP contribution in [0.5, 0.6) is 5.75 Å². The van der Waals surface area contributed by atoms with Gasteiger partial charge in [0.25, 0.3) is 5.91 Å². The number of hydrogen-bond donors (Lipinski definition) is 1. The first-order valence-corrected chi connectivity index (χ1v) is 9.67. The lowest BCUT2D eigenvalue weighted by molar-refractivity contribution is 0.0946. The molecule has 0 unspecified atom stereocenters. The number of aromatic nitrogens is 5. The molecule has 0 fully saturated rings. The summed E-state index contributed by atoms with van der Waals surface area (Å²) in [7, 11) is 1.65. The molecule has 0 bridgehead atoms. The molecular formula is C22H20N6O2. The van der Waals surface area contributed by atoms with Crippen LogP contribution in [0.15, 0.2) is 61.4 Å². The standard InChI is InChI=1S/C22H20N6O2/c1-30-20-5-3-16(10-17(20)12-27-14-23-13-26-27)21-24-8-9-28(21)18-4-2-15-6-7-25-22(29)19(15)11-18/h2-5,8-11,13-14H,6-7,12H2,1H3,(H,25,29). The average Bonchev–Trinajstić information content (AvgIpc) is 3.46. The summed E-state index contributed by atoms with van der Waals surface area (Å²) in [6, 6.07) is 11.9. The van der Waals surface area contributed by atoms with Gasteiger partial charge in [0.1, 0.15) is 24.2 Å². The molecule has 0 saturated heterocycles. The number of methoxy groups -OCH3 is 1. The largest absolute Gasteiger partial charge is 0.496 e. The van der Waals surface area contributed by atoms with Crippen LogP contribution in [-0.2, 0) is 13.0 Å². The Morgan fingerprint density at radius 3 is 2.97 bits per heavy atom. The van der Waals surface area contributed by atoms with Crippen LogP contribution < -0.4 is 10.1 Å². The summed E-state index contributed by atoms with van der Waals surface area (Å²) < 4.78 is 9.26. The van der Waals surface area contributed by atoms with E-state index in [2.05, 4.69) is 20.4 Å². The van der Waals surface area contributed by atoms with Gasteiger partial charge in [-0.2, -0.15) is 5.10 Å². The van der Waals surface area contributed by atoms with Crippen LogP contribution in [0.3, 0.4) is 0 Å². The molecule has 2 aromatic heterocycles. The summed E-state index contributed by atoms with van der Waals surface area (Å²) in [5.41, 5.74) is 4.61. The Morgan fingerprint density at radius 1 is 1.20 bits per heavy atom. The number of hydrogen-bond acceptors (Lipinski definition) is 5. The molecule has 0 atom stereocenters. The zero-order valence-electron chi connectivity index (χ0n) is 16.4. The smallest absolute Gasteiger partial charge is 0.251 e. The van der Waals surface area contributed by atoms with Crippen LogP contribution in [0.25, 0.3) is 17.1 Å². The van der Waals surface area contributed by atoms with E-state index in [0.29, 0.717) is 13.1 Å². The second-order valence-corrected chi connectivity index (χ2v) is 7.09. The lowest BCUT2D eigenvalue weighted by Gasteiger charge is -2.18. The van der Waals surface area contributed by atoms with Gasteiger partial charge >= 0.3 is 0 Å². The Kier molecular flexibility index (Phi) is 4.51. The van der Waals surface area contributed by atoms with Crippen molar-refractivity contribution in [1.29, 1.82) is 0 Å². The van der Waals surface area contributed by atoms with E-state index in [1.54, 1.807) is 24.3 Å². The second kappa shape index (κ2) is 7.47. The van der Waals surface area contributed by atoms with E-state index >= 15 is 0 Å². The van der Waals surface area contributed by atoms with Crippen molar-refractivity contribution in [2.45, 2.75) is 13.0 Å². The first kappa shape index (κ1) is 18.1. The number of fused-ring (bicyclic) bond motifs is 1. The highest BCUT2D eigenvalue weighted by molar-refractivity contribution is 5.97. The van der Waals surface area contributed by atoms with Gasteiger partial charge in [-0.1, -0.05) is 6.07 Å². The van der Waals surface area contributed by atoms with Crippen LogP contribution >= 0.6 is 0 Å². The minimum atomic E-state index is -0.0284. The Morgan fingerprint density at radius 2 is 2.13 bits per heavy atom. The number of amides is 1. The SMILES string of the molecule is COc1ccc(-c2nccn2-c2ccc3c(c2)C(=O)NCC3)cc1Cn1cncn1. The molecule has 0 aliphatic carbocycles. The zero-order valence-corrected chi connectivity index (χ0v) is 16.4. The van der Waals surface area contributed by atoms with Gasteiger partial charge in [0.2, 0.25) is 0 Å². The summed E-state index contributed by atoms with van der Waals surface area (Å²) in [6.07, 6.45) is 7.69. The first-order valence-electron chi connectivity index (χ1n) is 9.67. The van der Waals surface area contributed by atoms with Crippen molar-refractivity contribution >= 4 is 5.91 Å². The molecule has 8 nitrogen and oxygen atoms in total. The van der Waals surface area contributed by atoms with Crippen molar-refractivity contribution in [3.63, 3.8) is 0 Å². The molecule has 2 aromatic carbocycles. The molecular weight excluding hydrogens is 380 g/mol. The van der Waals surface area contributed by atoms with Gasteiger partial charge in [-0.05, 0) is 42.3 Å². The molecule has 1 aliphatic rings. The van der Waals surface area contributed by atoms with Crippen LogP contribution in [0.4, 0.5) is 0 Å². The maximum atomic E-state index is 12.3. The second-order valence-electron chi connectivity index (χ2n) is 7.09. The number of ether oxygens (including phenoxy) is 1. The Bertz CT molecular complexity index is 1210. The van der Waals surface area contributed by atoms with Crippen molar-refractivity contribution in [2.75, 3.05) is 13.7 Å². The fourth-order valence-corrected chi connectivity index (χ4v) is 3.81. The molecule has 1 N–H and O–H groups in total. The van der Waals surface area contributed by atoms with Crippen LogP contribution in [0.1, 0.15) is 21.5 Å². The summed E-state index contributed by atoms with van der Waals surface area (Å²) >= 11 is 0. The van der Waals surface area contributed by atoms with E-state index in [9.17, 15) is 4.79 Å². The molecule has 1 aliphatic heterocycles. The molecule has 30 heavy (non-hydrogen) atoms. The lowest BCUT2D eigenvalue weighted by atomic mass is 9.99. The molecule has 150 valence electrons. The van der Waals surface area contributed by atoms with E-state index in [1.165, 1.54) is 6.33 Å². The summed E-state index contributed by atoms with van der Waals surface area (Å²) in [5, 5.41) is 7.09. The number of nitrogens with zero attached hydrogens (tertiary/aromatic N) is 5. The highest BCUT2D eigenvalue weighted by atomic mass is 16.5. The fourth-order valence-electron chi connectivity index (χ4n) is 3.81. The van der Waals surface area contributed by atoms with E-state index < -0.39 is 0 Å². The van der Waals surface area contributed by atoms with Crippen LogP contribution in [0.2, 0.25) is 0 Å². The van der Waals surface area contributed by atoms with Crippen molar-refractivity contribution < 1.29 is 9.53 Å². The highest BCUT2D eigenvalue weighted by Crippen LogP contribution is 2.29. The van der Waals surface area contributed by atoms with E-state index in [1.807, 2.05) is 47.2 Å². The van der Waals surface area contributed by atoms with Gasteiger partial charge in [0, 0.05) is 41.3 Å². The summed E-state index contributed by atoms with van der Waals surface area (Å²) in [4.78, 5) is 20.8. The monoisotopic (exact) mass is 400 g/mol. The highest BCUT2D eigenvalue weighted by Gasteiger charge is 2.18. The minimum Gasteiger partial charge on any atom is -0.496 e. The van der Waals surface area contributed by atoms with Gasteiger partial charge in [-0.15, -0.1) is 0 Å². The predicted octanol–water partition coefficient (Wildman–Crippen LogP) is 2.47. The number of benzene rings is 2. The predicted molar refractivity (Wildman–Crippen MR) is 111 cm³/mol. The molecule has 4 aromatic rings. The number of carbonyl (C=O) groups is 1. The van der Waals surface area contributed by atoms with E-state index in [0.717, 1.165) is 45.9 Å². The lowest BCUT2D eigenvalue weighted by Crippen LogP contribution is -2.31. The van der Waals surface area contributed by atoms with Gasteiger partial charge < -0.3 is 10.1 Å². The van der Waals surface area contributed by atoms with Crippen LogP contribution in [0, 0.1) is 0 Å². The minimum absolute atomic E-state index is 0.0284. The molecule has 5 rings (SSSR count). The molecule has 0 saturated carbocycles. The normalized spacial score (nSPS) is 13.0. The number of nitrogens with one attached hydrogen (secondary N) is 1. The summed E-state index contributed by atoms with van der Waals surface area (Å²) in [5.74, 6) is 1.53. The quantitative estimate of drug-likeness (QED) is 0.556. The van der Waals surface area contributed by atoms with Gasteiger partial charge in [0.15, 0.2) is 0 Å². The van der Waals surface area contributed by atoms with E-state index in [-0.39, 0.29) is 5.91 Å². The van der Waals surface area contributed by atoms with Crippen molar-refractivity contribution in [3.05, 3.63) is 78.1 Å².